The van der Waals surface area contributed by atoms with E-state index >= 15 is 0 Å². The van der Waals surface area contributed by atoms with Crippen LogP contribution in [0.4, 0.5) is 9.59 Å². The average molecular weight is 419 g/mol. The molecule has 0 saturated heterocycles. The van der Waals surface area contributed by atoms with Crippen molar-refractivity contribution in [2.75, 3.05) is 6.54 Å². The molecule has 11 nitrogen and oxygen atoms in total. The Labute approximate surface area is 172 Å². The molecule has 2 aromatic rings. The molecule has 1 atom stereocenters. The fourth-order valence-corrected chi connectivity index (χ4v) is 2.61. The second-order valence-corrected chi connectivity index (χ2v) is 7.46. The van der Waals surface area contributed by atoms with Crippen molar-refractivity contribution in [3.63, 3.8) is 0 Å². The van der Waals surface area contributed by atoms with Crippen LogP contribution in [0.25, 0.3) is 10.9 Å². The summed E-state index contributed by atoms with van der Waals surface area (Å²) in [5.41, 5.74) is 5.14. The van der Waals surface area contributed by atoms with Gasteiger partial charge in [-0.1, -0.05) is 18.2 Å². The van der Waals surface area contributed by atoms with Crippen LogP contribution in [0.15, 0.2) is 30.5 Å². The highest BCUT2D eigenvalue weighted by atomic mass is 16.6. The third-order valence-corrected chi connectivity index (χ3v) is 3.83. The zero-order valence-corrected chi connectivity index (χ0v) is 16.9. The van der Waals surface area contributed by atoms with E-state index in [1.165, 1.54) is 0 Å². The lowest BCUT2D eigenvalue weighted by molar-refractivity contribution is -0.129. The van der Waals surface area contributed by atoms with Crippen molar-refractivity contribution < 1.29 is 29.0 Å². The van der Waals surface area contributed by atoms with Crippen molar-refractivity contribution in [3.8, 4) is 0 Å². The molecule has 30 heavy (non-hydrogen) atoms. The number of hydrogen-bond acceptors (Lipinski definition) is 5. The predicted molar refractivity (Wildman–Crippen MR) is 107 cm³/mol. The number of benzene rings is 1. The second kappa shape index (κ2) is 9.63. The Morgan fingerprint density at radius 2 is 1.83 bits per heavy atom. The lowest BCUT2D eigenvalue weighted by atomic mass is 10.0. The molecule has 1 unspecified atom stereocenters. The molecular formula is C19H25N5O6. The number of ether oxygens (including phenoxy) is 1. The summed E-state index contributed by atoms with van der Waals surface area (Å²) in [7, 11) is 0. The fourth-order valence-electron chi connectivity index (χ4n) is 2.61. The molecule has 0 aliphatic rings. The molecule has 0 aliphatic carbocycles. The van der Waals surface area contributed by atoms with Crippen molar-refractivity contribution in [3.05, 3.63) is 36.0 Å². The number of carboxylic acid groups (broad SMARTS) is 1. The normalized spacial score (nSPS) is 12.0. The van der Waals surface area contributed by atoms with Gasteiger partial charge in [-0.25, -0.2) is 9.59 Å². The lowest BCUT2D eigenvalue weighted by Gasteiger charge is -2.20. The minimum Gasteiger partial charge on any atom is -0.465 e. The molecule has 1 aromatic heterocycles. The zero-order chi connectivity index (χ0) is 22.3. The van der Waals surface area contributed by atoms with E-state index in [0.29, 0.717) is 0 Å². The highest BCUT2D eigenvalue weighted by molar-refractivity contribution is 5.90. The van der Waals surface area contributed by atoms with Crippen LogP contribution in [-0.2, 0) is 20.7 Å². The Bertz CT molecular complexity index is 933. The number of hydrazine groups is 1. The molecule has 0 radical (unpaired) electrons. The van der Waals surface area contributed by atoms with Gasteiger partial charge in [0.1, 0.15) is 18.2 Å². The summed E-state index contributed by atoms with van der Waals surface area (Å²) in [6.45, 7) is 4.59. The largest absolute Gasteiger partial charge is 0.465 e. The van der Waals surface area contributed by atoms with E-state index in [1.54, 1.807) is 27.0 Å². The van der Waals surface area contributed by atoms with Crippen LogP contribution >= 0.6 is 0 Å². The number of nitrogens with one attached hydrogen (secondary N) is 5. The summed E-state index contributed by atoms with van der Waals surface area (Å²) >= 11 is 0. The first-order valence-electron chi connectivity index (χ1n) is 9.15. The molecular weight excluding hydrogens is 394 g/mol. The lowest BCUT2D eigenvalue weighted by Crippen LogP contribution is -2.54. The van der Waals surface area contributed by atoms with Crippen molar-refractivity contribution >= 4 is 34.9 Å². The van der Waals surface area contributed by atoms with Gasteiger partial charge in [-0.3, -0.25) is 20.4 Å². The van der Waals surface area contributed by atoms with Crippen molar-refractivity contribution in [2.45, 2.75) is 38.8 Å². The molecule has 162 valence electrons. The Morgan fingerprint density at radius 3 is 2.50 bits per heavy atom. The molecule has 1 aromatic carbocycles. The van der Waals surface area contributed by atoms with E-state index in [9.17, 15) is 19.2 Å². The Kier molecular flexibility index (Phi) is 7.23. The number of alkyl carbamates (subject to hydrolysis) is 1. The number of rotatable bonds is 6. The van der Waals surface area contributed by atoms with E-state index in [2.05, 4.69) is 26.5 Å². The van der Waals surface area contributed by atoms with E-state index in [-0.39, 0.29) is 6.42 Å². The Balaban J connectivity index is 1.91. The Hall–Kier alpha value is -3.76. The molecule has 11 heteroatoms. The molecule has 6 N–H and O–H groups in total. The average Bonchev–Trinajstić information content (AvgIpc) is 3.05. The molecule has 0 saturated carbocycles. The number of para-hydroxylation sites is 1. The number of H-pyrrole nitrogens is 1. The first-order valence-corrected chi connectivity index (χ1v) is 9.15. The molecule has 0 fully saturated rings. The van der Waals surface area contributed by atoms with Gasteiger partial charge < -0.3 is 25.5 Å². The highest BCUT2D eigenvalue weighted by Crippen LogP contribution is 2.19. The van der Waals surface area contributed by atoms with Gasteiger partial charge in [0.15, 0.2) is 0 Å². The number of carbonyl (C=O) groups excluding carboxylic acids is 3. The minimum atomic E-state index is -1.38. The molecule has 1 heterocycles. The smallest absolute Gasteiger partial charge is 0.408 e. The van der Waals surface area contributed by atoms with Crippen LogP contribution in [0, 0.1) is 0 Å². The Morgan fingerprint density at radius 1 is 1.13 bits per heavy atom. The standard InChI is InChI=1S/C19H25N5O6/c1-19(2,3)30-18(29)21-10-15(25)23-24-16(26)14(22-17(27)28)8-11-9-20-13-7-5-4-6-12(11)13/h4-7,9,14,20,22H,8,10H2,1-3H3,(H,21,29)(H,23,25)(H,24,26)(H,27,28). The van der Waals surface area contributed by atoms with Crippen molar-refractivity contribution in [2.24, 2.45) is 0 Å². The number of fused-ring (bicyclic) bond motifs is 1. The molecule has 4 amide bonds. The first-order chi connectivity index (χ1) is 14.0. The van der Waals surface area contributed by atoms with Gasteiger partial charge in [-0.05, 0) is 32.4 Å². The second-order valence-electron chi connectivity index (χ2n) is 7.46. The van der Waals surface area contributed by atoms with Crippen LogP contribution in [0.3, 0.4) is 0 Å². The van der Waals surface area contributed by atoms with Gasteiger partial charge in [0.25, 0.3) is 11.8 Å². The molecule has 2 rings (SSSR count). The van der Waals surface area contributed by atoms with Crippen LogP contribution < -0.4 is 21.5 Å². The summed E-state index contributed by atoms with van der Waals surface area (Å²) in [4.78, 5) is 49.9. The van der Waals surface area contributed by atoms with Crippen LogP contribution in [0.5, 0.6) is 0 Å². The molecule has 0 spiro atoms. The van der Waals surface area contributed by atoms with E-state index in [0.717, 1.165) is 16.5 Å². The van der Waals surface area contributed by atoms with Crippen LogP contribution in [0.1, 0.15) is 26.3 Å². The minimum absolute atomic E-state index is 0.0637. The number of aromatic nitrogens is 1. The predicted octanol–water partition coefficient (Wildman–Crippen LogP) is 1.02. The summed E-state index contributed by atoms with van der Waals surface area (Å²) in [5.74, 6) is -1.47. The van der Waals surface area contributed by atoms with Gasteiger partial charge in [0, 0.05) is 23.5 Å². The fraction of sp³-hybridized carbons (Fsp3) is 0.368. The van der Waals surface area contributed by atoms with Crippen molar-refractivity contribution in [1.82, 2.24) is 26.5 Å². The quantitative estimate of drug-likeness (QED) is 0.383. The van der Waals surface area contributed by atoms with Gasteiger partial charge in [-0.15, -0.1) is 0 Å². The third kappa shape index (κ3) is 7.00. The summed E-state index contributed by atoms with van der Waals surface area (Å²) in [5, 5.41) is 14.3. The van der Waals surface area contributed by atoms with E-state index < -0.39 is 42.2 Å². The molecule has 0 bridgehead atoms. The number of hydrogen-bond donors (Lipinski definition) is 6. The molecule has 0 aliphatic heterocycles. The SMILES string of the molecule is CC(C)(C)OC(=O)NCC(=O)NNC(=O)C(Cc1c[nH]c2ccccc12)NC(=O)O. The maximum absolute atomic E-state index is 12.4. The van der Waals surface area contributed by atoms with Crippen LogP contribution in [-0.4, -0.2) is 52.3 Å². The summed E-state index contributed by atoms with van der Waals surface area (Å²) < 4.78 is 4.99. The number of amides is 4. The number of aromatic amines is 1. The monoisotopic (exact) mass is 419 g/mol. The highest BCUT2D eigenvalue weighted by Gasteiger charge is 2.23. The maximum atomic E-state index is 12.4. The zero-order valence-electron chi connectivity index (χ0n) is 16.9. The van der Waals surface area contributed by atoms with E-state index in [4.69, 9.17) is 9.84 Å². The van der Waals surface area contributed by atoms with Gasteiger partial charge in [0.05, 0.1) is 0 Å². The van der Waals surface area contributed by atoms with Crippen molar-refractivity contribution in [1.29, 1.82) is 0 Å². The van der Waals surface area contributed by atoms with Gasteiger partial charge in [0.2, 0.25) is 0 Å². The van der Waals surface area contributed by atoms with E-state index in [1.807, 2.05) is 24.3 Å². The topological polar surface area (TPSA) is 162 Å². The van der Waals surface area contributed by atoms with Gasteiger partial charge >= 0.3 is 12.2 Å². The number of carbonyl (C=O) groups is 4. The van der Waals surface area contributed by atoms with Crippen LogP contribution in [0.2, 0.25) is 0 Å². The summed E-state index contributed by atoms with van der Waals surface area (Å²) in [6.07, 6.45) is -0.409. The van der Waals surface area contributed by atoms with Gasteiger partial charge in [-0.2, -0.15) is 0 Å². The maximum Gasteiger partial charge on any atom is 0.408 e. The first kappa shape index (κ1) is 22.5. The third-order valence-electron chi connectivity index (χ3n) is 3.83. The summed E-state index contributed by atoms with van der Waals surface area (Å²) in [6, 6.07) is 6.23.